The van der Waals surface area contributed by atoms with Gasteiger partial charge in [0, 0.05) is 22.3 Å². The van der Waals surface area contributed by atoms with Crippen LogP contribution in [0.5, 0.6) is 0 Å². The molecule has 0 aliphatic carbocycles. The van der Waals surface area contributed by atoms with Crippen molar-refractivity contribution in [1.82, 2.24) is 0 Å². The zero-order valence-corrected chi connectivity index (χ0v) is 15.7. The second-order valence-corrected chi connectivity index (χ2v) is 8.09. The molecule has 3 heteroatoms. The first-order valence-electron chi connectivity index (χ1n) is 8.18. The van der Waals surface area contributed by atoms with Gasteiger partial charge in [0.05, 0.1) is 0 Å². The minimum atomic E-state index is 0.221. The Morgan fingerprint density at radius 2 is 1.04 bits per heavy atom. The van der Waals surface area contributed by atoms with Gasteiger partial charge in [-0.15, -0.1) is 23.2 Å². The Hall–Kier alpha value is -0.630. The molecule has 0 aliphatic rings. The Morgan fingerprint density at radius 1 is 0.652 bits per heavy atom. The molecule has 0 radical (unpaired) electrons. The molecule has 0 heterocycles. The minimum Gasteiger partial charge on any atom is -0.159 e. The summed E-state index contributed by atoms with van der Waals surface area (Å²) in [5.41, 5.74) is 2.72. The second kappa shape index (κ2) is 11.0. The summed E-state index contributed by atoms with van der Waals surface area (Å²) < 4.78 is 0. The smallest absolute Gasteiger partial charge is 0.0429 e. The van der Waals surface area contributed by atoms with E-state index in [1.54, 1.807) is 0 Å². The molecule has 2 atom stereocenters. The molecule has 124 valence electrons. The van der Waals surface area contributed by atoms with Crippen LogP contribution < -0.4 is 0 Å². The predicted octanol–water partition coefficient (Wildman–Crippen LogP) is 6.20. The maximum atomic E-state index is 6.42. The summed E-state index contributed by atoms with van der Waals surface area (Å²) >= 11 is 14.7. The molecule has 0 amide bonds. The number of hydrogen-bond acceptors (Lipinski definition) is 1. The zero-order chi connectivity index (χ0) is 16.3. The summed E-state index contributed by atoms with van der Waals surface area (Å²) in [6, 6.07) is 21.1. The molecule has 2 unspecified atom stereocenters. The second-order valence-electron chi connectivity index (χ2n) is 5.78. The van der Waals surface area contributed by atoms with Gasteiger partial charge in [0.15, 0.2) is 0 Å². The van der Waals surface area contributed by atoms with E-state index < -0.39 is 0 Å². The van der Waals surface area contributed by atoms with Crippen molar-refractivity contribution in [2.24, 2.45) is 0 Å². The zero-order valence-electron chi connectivity index (χ0n) is 13.3. The van der Waals surface area contributed by atoms with E-state index in [1.165, 1.54) is 11.1 Å². The Bertz CT molecular complexity index is 480. The van der Waals surface area contributed by atoms with Crippen LogP contribution in [0.1, 0.15) is 24.0 Å². The third-order valence-electron chi connectivity index (χ3n) is 3.78. The lowest BCUT2D eigenvalue weighted by molar-refractivity contribution is 0.799. The predicted molar refractivity (Wildman–Crippen MR) is 106 cm³/mol. The van der Waals surface area contributed by atoms with Crippen molar-refractivity contribution in [2.45, 2.75) is 36.4 Å². The summed E-state index contributed by atoms with van der Waals surface area (Å²) in [5, 5.41) is 0.441. The van der Waals surface area contributed by atoms with Gasteiger partial charge >= 0.3 is 0 Å². The largest absolute Gasteiger partial charge is 0.159 e. The van der Waals surface area contributed by atoms with Crippen LogP contribution in [-0.2, 0) is 12.8 Å². The van der Waals surface area contributed by atoms with Crippen LogP contribution in [0.25, 0.3) is 0 Å². The van der Waals surface area contributed by atoms with Gasteiger partial charge in [0.1, 0.15) is 0 Å². The van der Waals surface area contributed by atoms with Crippen LogP contribution in [0.4, 0.5) is 0 Å². The highest BCUT2D eigenvalue weighted by Crippen LogP contribution is 2.19. The molecule has 23 heavy (non-hydrogen) atoms. The fourth-order valence-electron chi connectivity index (χ4n) is 2.43. The lowest BCUT2D eigenvalue weighted by atomic mass is 10.1. The highest BCUT2D eigenvalue weighted by molar-refractivity contribution is 7.99. The lowest BCUT2D eigenvalue weighted by Gasteiger charge is -2.12. The van der Waals surface area contributed by atoms with Crippen LogP contribution in [0.3, 0.4) is 0 Å². The first kappa shape index (κ1) is 18.7. The molecule has 0 bridgehead atoms. The van der Waals surface area contributed by atoms with E-state index in [-0.39, 0.29) is 10.8 Å². The van der Waals surface area contributed by atoms with Gasteiger partial charge in [-0.25, -0.2) is 0 Å². The number of aryl methyl sites for hydroxylation is 2. The van der Waals surface area contributed by atoms with E-state index in [1.807, 2.05) is 23.9 Å². The van der Waals surface area contributed by atoms with Gasteiger partial charge in [0.2, 0.25) is 0 Å². The minimum absolute atomic E-state index is 0.221. The number of hydrogen-bond donors (Lipinski definition) is 0. The van der Waals surface area contributed by atoms with Crippen LogP contribution in [0.15, 0.2) is 60.7 Å². The maximum absolute atomic E-state index is 6.42. The van der Waals surface area contributed by atoms with E-state index >= 15 is 0 Å². The van der Waals surface area contributed by atoms with E-state index in [2.05, 4.69) is 48.5 Å². The summed E-state index contributed by atoms with van der Waals surface area (Å²) in [5.74, 6) is 1.95. The highest BCUT2D eigenvalue weighted by Gasteiger charge is 2.09. The van der Waals surface area contributed by atoms with Gasteiger partial charge in [-0.3, -0.25) is 0 Å². The average molecular weight is 367 g/mol. The molecule has 0 saturated heterocycles. The molecule has 0 aliphatic heterocycles. The standard InChI is InChI=1S/C20H24Cl2S/c21-19(13-11-17-7-3-1-4-8-17)15-23-16-20(22)14-12-18-9-5-2-6-10-18/h1-10,19-20H,11-16H2. The van der Waals surface area contributed by atoms with Crippen LogP contribution in [-0.4, -0.2) is 22.3 Å². The number of benzene rings is 2. The van der Waals surface area contributed by atoms with Gasteiger partial charge in [0.25, 0.3) is 0 Å². The van der Waals surface area contributed by atoms with E-state index in [4.69, 9.17) is 23.2 Å². The number of alkyl halides is 2. The normalized spacial score (nSPS) is 13.7. The molecule has 0 spiro atoms. The van der Waals surface area contributed by atoms with Crippen molar-refractivity contribution in [3.8, 4) is 0 Å². The number of thioether (sulfide) groups is 1. The summed E-state index contributed by atoms with van der Waals surface area (Å²) in [4.78, 5) is 0. The molecule has 0 saturated carbocycles. The van der Waals surface area contributed by atoms with Gasteiger partial charge in [-0.05, 0) is 36.8 Å². The number of rotatable bonds is 10. The van der Waals surface area contributed by atoms with E-state index in [0.717, 1.165) is 37.2 Å². The Morgan fingerprint density at radius 3 is 1.43 bits per heavy atom. The van der Waals surface area contributed by atoms with Crippen molar-refractivity contribution in [3.63, 3.8) is 0 Å². The Labute approximate surface area is 154 Å². The molecule has 0 N–H and O–H groups in total. The van der Waals surface area contributed by atoms with E-state index in [9.17, 15) is 0 Å². The van der Waals surface area contributed by atoms with Crippen LogP contribution in [0, 0.1) is 0 Å². The van der Waals surface area contributed by atoms with E-state index in [0.29, 0.717) is 0 Å². The molecule has 0 fully saturated rings. The Kier molecular flexibility index (Phi) is 8.96. The van der Waals surface area contributed by atoms with Crippen molar-refractivity contribution < 1.29 is 0 Å². The SMILES string of the molecule is ClC(CCc1ccccc1)CSCC(Cl)CCc1ccccc1. The fraction of sp³-hybridized carbons (Fsp3) is 0.400. The van der Waals surface area contributed by atoms with Crippen molar-refractivity contribution in [1.29, 1.82) is 0 Å². The summed E-state index contributed by atoms with van der Waals surface area (Å²) in [6.45, 7) is 0. The molecule has 2 aromatic rings. The summed E-state index contributed by atoms with van der Waals surface area (Å²) in [6.07, 6.45) is 4.15. The van der Waals surface area contributed by atoms with Crippen molar-refractivity contribution in [3.05, 3.63) is 71.8 Å². The first-order valence-corrected chi connectivity index (χ1v) is 10.2. The quantitative estimate of drug-likeness (QED) is 0.451. The molecule has 2 rings (SSSR count). The molecular formula is C20H24Cl2S. The lowest BCUT2D eigenvalue weighted by Crippen LogP contribution is -2.09. The topological polar surface area (TPSA) is 0 Å². The van der Waals surface area contributed by atoms with Gasteiger partial charge in [-0.2, -0.15) is 11.8 Å². The monoisotopic (exact) mass is 366 g/mol. The third kappa shape index (κ3) is 8.15. The maximum Gasteiger partial charge on any atom is 0.0429 e. The summed E-state index contributed by atoms with van der Waals surface area (Å²) in [7, 11) is 0. The number of halogens is 2. The third-order valence-corrected chi connectivity index (χ3v) is 6.16. The Balaban J connectivity index is 1.55. The highest BCUT2D eigenvalue weighted by atomic mass is 35.5. The molecule has 2 aromatic carbocycles. The van der Waals surface area contributed by atoms with Crippen LogP contribution in [0.2, 0.25) is 0 Å². The van der Waals surface area contributed by atoms with Crippen molar-refractivity contribution in [2.75, 3.05) is 11.5 Å². The fourth-order valence-corrected chi connectivity index (χ4v) is 4.16. The first-order chi connectivity index (χ1) is 11.2. The van der Waals surface area contributed by atoms with Gasteiger partial charge < -0.3 is 0 Å². The molecule has 0 nitrogen and oxygen atoms in total. The van der Waals surface area contributed by atoms with Gasteiger partial charge in [-0.1, -0.05) is 60.7 Å². The van der Waals surface area contributed by atoms with Crippen molar-refractivity contribution >= 4 is 35.0 Å². The van der Waals surface area contributed by atoms with Crippen LogP contribution >= 0.6 is 35.0 Å². The average Bonchev–Trinajstić information content (AvgIpc) is 2.60. The molecule has 0 aromatic heterocycles. The molecular weight excluding hydrogens is 343 g/mol.